The Labute approximate surface area is 61.3 Å². The van der Waals surface area contributed by atoms with Crippen molar-refractivity contribution in [3.05, 3.63) is 12.5 Å². The van der Waals surface area contributed by atoms with Crippen LogP contribution in [-0.2, 0) is 0 Å². The molecule has 1 aliphatic rings. The molecule has 0 N–H and O–H groups in total. The molecular formula is C7H4O4. The Morgan fingerprint density at radius 3 is 3.18 bits per heavy atom. The van der Waals surface area contributed by atoms with Crippen LogP contribution >= 0.6 is 0 Å². The van der Waals surface area contributed by atoms with Crippen molar-refractivity contribution in [2.45, 2.75) is 0 Å². The number of hydrogen-bond donors (Lipinski definition) is 0. The van der Waals surface area contributed by atoms with Crippen LogP contribution in [0.2, 0.25) is 0 Å². The van der Waals surface area contributed by atoms with Crippen LogP contribution < -0.4 is 9.47 Å². The van der Waals surface area contributed by atoms with Gasteiger partial charge in [0.05, 0.1) is 0 Å². The highest BCUT2D eigenvalue weighted by molar-refractivity contribution is 5.85. The first-order valence-electron chi connectivity index (χ1n) is 3.19. The van der Waals surface area contributed by atoms with Gasteiger partial charge < -0.3 is 18.3 Å². The monoisotopic (exact) mass is 152 g/mol. The summed E-state index contributed by atoms with van der Waals surface area (Å²) in [7, 11) is 0. The lowest BCUT2D eigenvalue weighted by molar-refractivity contribution is 0.154. The molecule has 0 spiro atoms. The molecule has 1 aliphatic heterocycles. The molecule has 0 aromatic carbocycles. The first-order chi connectivity index (χ1) is 5.45. The van der Waals surface area contributed by atoms with Gasteiger partial charge in [-0.05, 0) is 0 Å². The molecule has 0 radical (unpaired) electrons. The predicted octanol–water partition coefficient (Wildman–Crippen LogP) is 1.75. The maximum absolute atomic E-state index is 5.21. The van der Waals surface area contributed by atoms with E-state index >= 15 is 0 Å². The van der Waals surface area contributed by atoms with E-state index < -0.39 is 0 Å². The van der Waals surface area contributed by atoms with Gasteiger partial charge >= 0.3 is 5.95 Å². The summed E-state index contributed by atoms with van der Waals surface area (Å²) in [4.78, 5) is 0. The number of rotatable bonds is 0. The standard InChI is InChI=1S/C7H4O4/c1-4-5(2-8-1)11-7-6(4)9-3-10-7/h1-2H,3H2. The molecule has 0 fully saturated rings. The molecule has 0 bridgehead atoms. The molecule has 0 amide bonds. The van der Waals surface area contributed by atoms with E-state index in [4.69, 9.17) is 18.3 Å². The van der Waals surface area contributed by atoms with Crippen LogP contribution in [0.25, 0.3) is 11.0 Å². The van der Waals surface area contributed by atoms with Gasteiger partial charge in [-0.15, -0.1) is 0 Å². The van der Waals surface area contributed by atoms with Gasteiger partial charge in [-0.1, -0.05) is 0 Å². The van der Waals surface area contributed by atoms with Crippen LogP contribution in [-0.4, -0.2) is 6.79 Å². The minimum atomic E-state index is 0.231. The SMILES string of the molecule is c1occ2c3c(oc12)OCO3. The average molecular weight is 152 g/mol. The summed E-state index contributed by atoms with van der Waals surface area (Å²) in [5, 5.41) is 0.831. The van der Waals surface area contributed by atoms with E-state index in [-0.39, 0.29) is 6.79 Å². The van der Waals surface area contributed by atoms with Crippen LogP contribution in [0, 0.1) is 0 Å². The first kappa shape index (κ1) is 5.12. The van der Waals surface area contributed by atoms with Crippen molar-refractivity contribution < 1.29 is 18.3 Å². The molecule has 2 aromatic rings. The van der Waals surface area contributed by atoms with Gasteiger partial charge in [-0.2, -0.15) is 0 Å². The lowest BCUT2D eigenvalue weighted by atomic mass is 10.4. The van der Waals surface area contributed by atoms with Gasteiger partial charge in [0, 0.05) is 0 Å². The summed E-state index contributed by atoms with van der Waals surface area (Å²) < 4.78 is 20.3. The predicted molar refractivity (Wildman–Crippen MR) is 34.6 cm³/mol. The molecule has 0 saturated carbocycles. The smallest absolute Gasteiger partial charge is 0.333 e. The van der Waals surface area contributed by atoms with Crippen molar-refractivity contribution in [2.75, 3.05) is 6.79 Å². The summed E-state index contributed by atoms with van der Waals surface area (Å²) in [6, 6.07) is 0. The van der Waals surface area contributed by atoms with Crippen LogP contribution in [0.1, 0.15) is 0 Å². The largest absolute Gasteiger partial charge is 0.468 e. The summed E-state index contributed by atoms with van der Waals surface area (Å²) >= 11 is 0. The van der Waals surface area contributed by atoms with Crippen LogP contribution in [0.3, 0.4) is 0 Å². The Balaban J connectivity index is 2.46. The highest BCUT2D eigenvalue weighted by atomic mass is 16.7. The number of ether oxygens (including phenoxy) is 2. The third kappa shape index (κ3) is 0.497. The molecule has 4 nitrogen and oxygen atoms in total. The van der Waals surface area contributed by atoms with Crippen molar-refractivity contribution >= 4 is 11.0 Å². The summed E-state index contributed by atoms with van der Waals surface area (Å²) in [6.45, 7) is 0.231. The Kier molecular flexibility index (Phi) is 0.711. The fraction of sp³-hybridized carbons (Fsp3) is 0.143. The first-order valence-corrected chi connectivity index (χ1v) is 3.19. The number of fused-ring (bicyclic) bond motifs is 3. The lowest BCUT2D eigenvalue weighted by Gasteiger charge is -1.87. The van der Waals surface area contributed by atoms with E-state index in [1.165, 1.54) is 6.26 Å². The highest BCUT2D eigenvalue weighted by Crippen LogP contribution is 2.42. The van der Waals surface area contributed by atoms with Gasteiger partial charge in [0.15, 0.2) is 5.58 Å². The van der Waals surface area contributed by atoms with Crippen molar-refractivity contribution in [3.63, 3.8) is 0 Å². The van der Waals surface area contributed by atoms with Gasteiger partial charge in [-0.3, -0.25) is 0 Å². The molecule has 3 rings (SSSR count). The fourth-order valence-electron chi connectivity index (χ4n) is 1.16. The van der Waals surface area contributed by atoms with E-state index in [9.17, 15) is 0 Å². The molecule has 3 heterocycles. The molecule has 4 heteroatoms. The fourth-order valence-corrected chi connectivity index (χ4v) is 1.16. The topological polar surface area (TPSA) is 44.7 Å². The third-order valence-electron chi connectivity index (χ3n) is 1.65. The molecule has 0 atom stereocenters. The van der Waals surface area contributed by atoms with Crippen molar-refractivity contribution in [2.24, 2.45) is 0 Å². The zero-order valence-electron chi connectivity index (χ0n) is 5.49. The second-order valence-corrected chi connectivity index (χ2v) is 2.27. The zero-order valence-corrected chi connectivity index (χ0v) is 5.49. The van der Waals surface area contributed by atoms with Crippen molar-refractivity contribution in [1.29, 1.82) is 0 Å². The van der Waals surface area contributed by atoms with Crippen LogP contribution in [0.15, 0.2) is 21.4 Å². The van der Waals surface area contributed by atoms with E-state index in [0.717, 1.165) is 5.39 Å². The Morgan fingerprint density at radius 1 is 1.18 bits per heavy atom. The average Bonchev–Trinajstić information content (AvgIpc) is 2.52. The molecule has 2 aromatic heterocycles. The highest BCUT2D eigenvalue weighted by Gasteiger charge is 2.23. The third-order valence-corrected chi connectivity index (χ3v) is 1.65. The van der Waals surface area contributed by atoms with E-state index in [1.807, 2.05) is 0 Å². The quantitative estimate of drug-likeness (QED) is 0.576. The van der Waals surface area contributed by atoms with E-state index in [1.54, 1.807) is 6.26 Å². The van der Waals surface area contributed by atoms with Gasteiger partial charge in [0.25, 0.3) is 0 Å². The minimum Gasteiger partial charge on any atom is -0.468 e. The Bertz CT molecular complexity index is 397. The summed E-state index contributed by atoms with van der Waals surface area (Å²) in [5.74, 6) is 1.10. The second-order valence-electron chi connectivity index (χ2n) is 2.27. The van der Waals surface area contributed by atoms with Crippen LogP contribution in [0.5, 0.6) is 11.7 Å². The minimum absolute atomic E-state index is 0.231. The molecule has 0 saturated heterocycles. The molecular weight excluding hydrogens is 148 g/mol. The summed E-state index contributed by atoms with van der Waals surface area (Å²) in [5.41, 5.74) is 0.662. The van der Waals surface area contributed by atoms with Crippen molar-refractivity contribution in [1.82, 2.24) is 0 Å². The zero-order chi connectivity index (χ0) is 7.26. The summed E-state index contributed by atoms with van der Waals surface area (Å²) in [6.07, 6.45) is 3.09. The number of hydrogen-bond acceptors (Lipinski definition) is 4. The Hall–Kier alpha value is -1.58. The van der Waals surface area contributed by atoms with Crippen LogP contribution in [0.4, 0.5) is 0 Å². The molecule has 0 unspecified atom stereocenters. The van der Waals surface area contributed by atoms with Gasteiger partial charge in [-0.25, -0.2) is 0 Å². The van der Waals surface area contributed by atoms with E-state index in [0.29, 0.717) is 17.3 Å². The molecule has 11 heavy (non-hydrogen) atoms. The molecule has 0 aliphatic carbocycles. The van der Waals surface area contributed by atoms with Gasteiger partial charge in [0.2, 0.25) is 12.5 Å². The maximum atomic E-state index is 5.21. The van der Waals surface area contributed by atoms with Gasteiger partial charge in [0.1, 0.15) is 17.9 Å². The second kappa shape index (κ2) is 1.53. The lowest BCUT2D eigenvalue weighted by Crippen LogP contribution is -1.93. The molecule has 56 valence electrons. The normalized spacial score (nSPS) is 14.5. The van der Waals surface area contributed by atoms with Crippen molar-refractivity contribution in [3.8, 4) is 11.7 Å². The van der Waals surface area contributed by atoms with E-state index in [2.05, 4.69) is 0 Å². The maximum Gasteiger partial charge on any atom is 0.333 e. The Morgan fingerprint density at radius 2 is 2.18 bits per heavy atom. The number of furan rings is 2.